The van der Waals surface area contributed by atoms with E-state index in [9.17, 15) is 9.59 Å². The molecule has 2 aromatic carbocycles. The summed E-state index contributed by atoms with van der Waals surface area (Å²) in [6.07, 6.45) is 0.808. The summed E-state index contributed by atoms with van der Waals surface area (Å²) < 4.78 is 0. The van der Waals surface area contributed by atoms with Gasteiger partial charge in [0.1, 0.15) is 6.04 Å². The second-order valence-corrected chi connectivity index (χ2v) is 7.74. The molecule has 0 bridgehead atoms. The Morgan fingerprint density at radius 2 is 1.67 bits per heavy atom. The van der Waals surface area contributed by atoms with Gasteiger partial charge in [-0.1, -0.05) is 30.3 Å². The first-order valence-electron chi connectivity index (χ1n) is 10.2. The number of anilines is 1. The van der Waals surface area contributed by atoms with E-state index in [4.69, 9.17) is 11.0 Å². The summed E-state index contributed by atoms with van der Waals surface area (Å²) in [6.45, 7) is 3.45. The predicted molar refractivity (Wildman–Crippen MR) is 113 cm³/mol. The SMILES string of the molecule is N#Cc1ccc(C(C(N)=O)N2CCN(C3CCN(c4ccccc4)C3=O)CC2)cc1. The third kappa shape index (κ3) is 3.92. The minimum absolute atomic E-state index is 0.116. The number of carbonyl (C=O) groups excluding carboxylic acids is 2. The molecular weight excluding hydrogens is 378 g/mol. The van der Waals surface area contributed by atoms with Crippen LogP contribution in [0.1, 0.15) is 23.6 Å². The molecule has 4 rings (SSSR count). The van der Waals surface area contributed by atoms with Gasteiger partial charge in [0.15, 0.2) is 0 Å². The van der Waals surface area contributed by atoms with Crippen molar-refractivity contribution in [2.45, 2.75) is 18.5 Å². The van der Waals surface area contributed by atoms with Gasteiger partial charge in [-0.2, -0.15) is 5.26 Å². The molecule has 2 atom stereocenters. The zero-order chi connectivity index (χ0) is 21.1. The summed E-state index contributed by atoms with van der Waals surface area (Å²) in [4.78, 5) is 31.3. The molecule has 0 radical (unpaired) electrons. The number of nitrogens with two attached hydrogens (primary N) is 1. The summed E-state index contributed by atoms with van der Waals surface area (Å²) in [5.74, 6) is -0.256. The van der Waals surface area contributed by atoms with Gasteiger partial charge in [-0.25, -0.2) is 0 Å². The Balaban J connectivity index is 1.41. The van der Waals surface area contributed by atoms with Crippen LogP contribution in [0.3, 0.4) is 0 Å². The van der Waals surface area contributed by atoms with Gasteiger partial charge in [0.05, 0.1) is 17.7 Å². The van der Waals surface area contributed by atoms with Crippen molar-refractivity contribution in [3.63, 3.8) is 0 Å². The maximum absolute atomic E-state index is 13.0. The first-order valence-corrected chi connectivity index (χ1v) is 10.2. The number of primary amides is 1. The van der Waals surface area contributed by atoms with E-state index >= 15 is 0 Å². The highest BCUT2D eigenvalue weighted by Gasteiger charge is 2.39. The second-order valence-electron chi connectivity index (χ2n) is 7.74. The number of hydrogen-bond donors (Lipinski definition) is 1. The van der Waals surface area contributed by atoms with E-state index < -0.39 is 11.9 Å². The molecule has 2 heterocycles. The van der Waals surface area contributed by atoms with Crippen LogP contribution < -0.4 is 10.6 Å². The molecule has 2 saturated heterocycles. The van der Waals surface area contributed by atoms with Crippen molar-refractivity contribution in [1.29, 1.82) is 5.26 Å². The molecule has 0 aromatic heterocycles. The highest BCUT2D eigenvalue weighted by molar-refractivity contribution is 5.99. The van der Waals surface area contributed by atoms with Crippen molar-refractivity contribution in [3.05, 3.63) is 65.7 Å². The van der Waals surface area contributed by atoms with Crippen molar-refractivity contribution in [2.24, 2.45) is 5.73 Å². The molecular formula is C23H25N5O2. The van der Waals surface area contributed by atoms with Crippen molar-refractivity contribution in [3.8, 4) is 6.07 Å². The summed E-state index contributed by atoms with van der Waals surface area (Å²) >= 11 is 0. The largest absolute Gasteiger partial charge is 0.368 e. The molecule has 0 spiro atoms. The Hall–Kier alpha value is -3.21. The number of piperazine rings is 1. The average Bonchev–Trinajstić information content (AvgIpc) is 3.16. The zero-order valence-electron chi connectivity index (χ0n) is 16.8. The van der Waals surface area contributed by atoms with Crippen LogP contribution in [0.2, 0.25) is 0 Å². The second kappa shape index (κ2) is 8.66. The number of carbonyl (C=O) groups is 2. The van der Waals surface area contributed by atoms with Crippen LogP contribution in [0.5, 0.6) is 0 Å². The number of benzene rings is 2. The lowest BCUT2D eigenvalue weighted by atomic mass is 10.0. The molecule has 2 N–H and O–H groups in total. The first-order chi connectivity index (χ1) is 14.6. The predicted octanol–water partition coefficient (Wildman–Crippen LogP) is 1.51. The minimum atomic E-state index is -0.528. The van der Waals surface area contributed by atoms with Gasteiger partial charge >= 0.3 is 0 Å². The van der Waals surface area contributed by atoms with Crippen LogP contribution in [0.4, 0.5) is 5.69 Å². The summed E-state index contributed by atoms with van der Waals surface area (Å²) in [5, 5.41) is 8.98. The Kier molecular flexibility index (Phi) is 5.79. The van der Waals surface area contributed by atoms with Gasteiger partial charge in [0.25, 0.3) is 0 Å². The Bertz CT molecular complexity index is 946. The topological polar surface area (TPSA) is 93.7 Å². The lowest BCUT2D eigenvalue weighted by molar-refractivity contribution is -0.126. The molecule has 30 heavy (non-hydrogen) atoms. The quantitative estimate of drug-likeness (QED) is 0.817. The Morgan fingerprint density at radius 3 is 2.27 bits per heavy atom. The molecule has 154 valence electrons. The molecule has 2 aliphatic heterocycles. The fourth-order valence-electron chi connectivity index (χ4n) is 4.47. The van der Waals surface area contributed by atoms with E-state index in [-0.39, 0.29) is 11.9 Å². The van der Waals surface area contributed by atoms with Crippen LogP contribution in [0.25, 0.3) is 0 Å². The van der Waals surface area contributed by atoms with Gasteiger partial charge < -0.3 is 10.6 Å². The third-order valence-corrected chi connectivity index (χ3v) is 6.02. The molecule has 7 nitrogen and oxygen atoms in total. The van der Waals surface area contributed by atoms with Crippen LogP contribution in [0.15, 0.2) is 54.6 Å². The standard InChI is InChI=1S/C23H25N5O2/c24-16-17-6-8-18(9-7-17)21(22(25)29)27-14-12-26(13-15-27)20-10-11-28(23(20)30)19-4-2-1-3-5-19/h1-9,20-21H,10-15H2,(H2,25,29). The van der Waals surface area contributed by atoms with Crippen molar-refractivity contribution in [2.75, 3.05) is 37.6 Å². The van der Waals surface area contributed by atoms with Crippen LogP contribution in [0, 0.1) is 11.3 Å². The maximum atomic E-state index is 13.0. The number of para-hydroxylation sites is 1. The summed E-state index contributed by atoms with van der Waals surface area (Å²) in [5.41, 5.74) is 8.00. The van der Waals surface area contributed by atoms with Gasteiger partial charge in [0.2, 0.25) is 11.8 Å². The molecule has 2 fully saturated rings. The lowest BCUT2D eigenvalue weighted by Crippen LogP contribution is -2.54. The molecule has 0 saturated carbocycles. The van der Waals surface area contributed by atoms with Crippen molar-refractivity contribution < 1.29 is 9.59 Å². The minimum Gasteiger partial charge on any atom is -0.368 e. The van der Waals surface area contributed by atoms with Crippen LogP contribution >= 0.6 is 0 Å². The van der Waals surface area contributed by atoms with Crippen LogP contribution in [-0.4, -0.2) is 60.4 Å². The van der Waals surface area contributed by atoms with Gasteiger partial charge in [-0.15, -0.1) is 0 Å². The Labute approximate surface area is 176 Å². The number of nitriles is 1. The van der Waals surface area contributed by atoms with E-state index in [1.165, 1.54) is 0 Å². The van der Waals surface area contributed by atoms with Crippen molar-refractivity contribution >= 4 is 17.5 Å². The molecule has 0 aliphatic carbocycles. The van der Waals surface area contributed by atoms with Gasteiger partial charge in [-0.3, -0.25) is 19.4 Å². The first kappa shape index (κ1) is 20.1. The van der Waals surface area contributed by atoms with E-state index in [2.05, 4.69) is 15.9 Å². The van der Waals surface area contributed by atoms with Crippen molar-refractivity contribution in [1.82, 2.24) is 9.80 Å². The highest BCUT2D eigenvalue weighted by Crippen LogP contribution is 2.27. The number of hydrogen-bond acceptors (Lipinski definition) is 5. The third-order valence-electron chi connectivity index (χ3n) is 6.02. The molecule has 2 aliphatic rings. The van der Waals surface area contributed by atoms with E-state index in [1.807, 2.05) is 35.2 Å². The smallest absolute Gasteiger partial charge is 0.244 e. The number of nitrogens with zero attached hydrogens (tertiary/aromatic N) is 4. The van der Waals surface area contributed by atoms with E-state index in [0.29, 0.717) is 31.7 Å². The molecule has 2 aromatic rings. The number of amides is 2. The maximum Gasteiger partial charge on any atom is 0.244 e. The Morgan fingerprint density at radius 1 is 1.00 bits per heavy atom. The highest BCUT2D eigenvalue weighted by atomic mass is 16.2. The van der Waals surface area contributed by atoms with E-state index in [1.54, 1.807) is 24.3 Å². The zero-order valence-corrected chi connectivity index (χ0v) is 16.8. The fourth-order valence-corrected chi connectivity index (χ4v) is 4.47. The normalized spacial score (nSPS) is 21.4. The lowest BCUT2D eigenvalue weighted by Gasteiger charge is -2.40. The summed E-state index contributed by atoms with van der Waals surface area (Å²) in [6, 6.07) is 18.2. The van der Waals surface area contributed by atoms with Crippen LogP contribution in [-0.2, 0) is 9.59 Å². The molecule has 2 unspecified atom stereocenters. The number of rotatable bonds is 5. The van der Waals surface area contributed by atoms with E-state index in [0.717, 1.165) is 24.2 Å². The van der Waals surface area contributed by atoms with Gasteiger partial charge in [-0.05, 0) is 36.2 Å². The monoisotopic (exact) mass is 403 g/mol. The summed E-state index contributed by atoms with van der Waals surface area (Å²) in [7, 11) is 0. The molecule has 7 heteroatoms. The molecule has 2 amide bonds. The fraction of sp³-hybridized carbons (Fsp3) is 0.348. The average molecular weight is 403 g/mol. The van der Waals surface area contributed by atoms with Gasteiger partial charge in [0, 0.05) is 38.4 Å².